The predicted molar refractivity (Wildman–Crippen MR) is 54.5 cm³/mol. The fraction of sp³-hybridized carbons (Fsp3) is 0.111. The first-order valence-electron chi connectivity index (χ1n) is 4.02. The third-order valence-electron chi connectivity index (χ3n) is 1.79. The molecule has 0 aromatic carbocycles. The molecule has 3 nitrogen and oxygen atoms in total. The highest BCUT2D eigenvalue weighted by atomic mass is 32.1. The Hall–Kier alpha value is -1.49. The lowest BCUT2D eigenvalue weighted by Crippen LogP contribution is -1.89. The second kappa shape index (κ2) is 3.34. The minimum Gasteiger partial charge on any atom is -0.383 e. The Morgan fingerprint density at radius 3 is 2.86 bits per heavy atom. The average molecular weight is 209 g/mol. The van der Waals surface area contributed by atoms with Gasteiger partial charge in [0.15, 0.2) is 5.82 Å². The van der Waals surface area contributed by atoms with Gasteiger partial charge in [0.25, 0.3) is 0 Å². The number of nitrogen functional groups attached to an aromatic ring is 1. The highest BCUT2D eigenvalue weighted by molar-refractivity contribution is 7.15. The summed E-state index contributed by atoms with van der Waals surface area (Å²) in [5, 5.41) is 0.526. The van der Waals surface area contributed by atoms with Crippen molar-refractivity contribution in [3.8, 4) is 10.7 Å². The second-order valence-electron chi connectivity index (χ2n) is 2.79. The molecule has 0 bridgehead atoms. The van der Waals surface area contributed by atoms with E-state index in [2.05, 4.69) is 9.97 Å². The number of nitrogens with two attached hydrogens (primary N) is 1. The van der Waals surface area contributed by atoms with Crippen molar-refractivity contribution in [1.29, 1.82) is 0 Å². The van der Waals surface area contributed by atoms with Gasteiger partial charge in [0.2, 0.25) is 0 Å². The van der Waals surface area contributed by atoms with Crippen LogP contribution in [0.25, 0.3) is 10.7 Å². The van der Waals surface area contributed by atoms with Crippen LogP contribution in [0.5, 0.6) is 0 Å². The summed E-state index contributed by atoms with van der Waals surface area (Å²) in [7, 11) is 0. The number of nitrogens with zero attached hydrogens (tertiary/aromatic N) is 2. The number of halogens is 1. The third-order valence-corrected chi connectivity index (χ3v) is 2.79. The Kier molecular flexibility index (Phi) is 2.17. The largest absolute Gasteiger partial charge is 0.383 e. The van der Waals surface area contributed by atoms with Gasteiger partial charge in [0.05, 0.1) is 0 Å². The van der Waals surface area contributed by atoms with E-state index in [1.54, 1.807) is 6.07 Å². The maximum absolute atomic E-state index is 13.3. The Balaban J connectivity index is 2.55. The lowest BCUT2D eigenvalue weighted by Gasteiger charge is -1.95. The minimum absolute atomic E-state index is 0.261. The van der Waals surface area contributed by atoms with E-state index in [9.17, 15) is 4.39 Å². The van der Waals surface area contributed by atoms with Crippen LogP contribution in [0.15, 0.2) is 18.3 Å². The van der Waals surface area contributed by atoms with Crippen LogP contribution in [0.3, 0.4) is 0 Å². The van der Waals surface area contributed by atoms with Gasteiger partial charge in [-0.2, -0.15) is 0 Å². The Bertz CT molecular complexity index is 447. The molecule has 0 spiro atoms. The molecule has 2 aromatic rings. The first-order valence-corrected chi connectivity index (χ1v) is 4.84. The van der Waals surface area contributed by atoms with Gasteiger partial charge in [0.1, 0.15) is 16.5 Å². The summed E-state index contributed by atoms with van der Waals surface area (Å²) in [4.78, 5) is 8.84. The quantitative estimate of drug-likeness (QED) is 0.783. The molecule has 0 unspecified atom stereocenters. The monoisotopic (exact) mass is 209 g/mol. The van der Waals surface area contributed by atoms with E-state index in [0.717, 1.165) is 4.88 Å². The van der Waals surface area contributed by atoms with Gasteiger partial charge in [-0.1, -0.05) is 0 Å². The fourth-order valence-corrected chi connectivity index (χ4v) is 1.88. The molecule has 2 heterocycles. The van der Waals surface area contributed by atoms with Crippen LogP contribution in [0.2, 0.25) is 0 Å². The van der Waals surface area contributed by atoms with E-state index in [1.165, 1.54) is 23.6 Å². The van der Waals surface area contributed by atoms with Crippen LogP contribution in [0.4, 0.5) is 10.2 Å². The third kappa shape index (κ3) is 1.46. The first-order chi connectivity index (χ1) is 6.68. The molecule has 0 aliphatic heterocycles. The molecule has 0 amide bonds. The fourth-order valence-electron chi connectivity index (χ4n) is 1.05. The van der Waals surface area contributed by atoms with E-state index in [4.69, 9.17) is 5.73 Å². The topological polar surface area (TPSA) is 51.8 Å². The summed E-state index contributed by atoms with van der Waals surface area (Å²) in [5.41, 5.74) is 5.84. The number of hydrogen-bond acceptors (Lipinski definition) is 4. The molecule has 14 heavy (non-hydrogen) atoms. The zero-order valence-electron chi connectivity index (χ0n) is 7.49. The Morgan fingerprint density at radius 1 is 1.50 bits per heavy atom. The zero-order chi connectivity index (χ0) is 10.1. The van der Waals surface area contributed by atoms with E-state index >= 15 is 0 Å². The van der Waals surface area contributed by atoms with Crippen molar-refractivity contribution < 1.29 is 4.39 Å². The molecule has 0 radical (unpaired) electrons. The molecule has 72 valence electrons. The van der Waals surface area contributed by atoms with Crippen molar-refractivity contribution in [2.24, 2.45) is 0 Å². The average Bonchev–Trinajstić information content (AvgIpc) is 2.48. The maximum atomic E-state index is 13.3. The van der Waals surface area contributed by atoms with Crippen molar-refractivity contribution in [2.45, 2.75) is 6.92 Å². The predicted octanol–water partition coefficient (Wildman–Crippen LogP) is 2.23. The number of pyridine rings is 1. The zero-order valence-corrected chi connectivity index (χ0v) is 8.31. The van der Waals surface area contributed by atoms with E-state index < -0.39 is 0 Å². The molecular formula is C9H8FN3S. The highest BCUT2D eigenvalue weighted by Gasteiger charge is 2.11. The van der Waals surface area contributed by atoms with Gasteiger partial charge in [-0.3, -0.25) is 4.98 Å². The van der Waals surface area contributed by atoms with Gasteiger partial charge in [-0.05, 0) is 19.1 Å². The van der Waals surface area contributed by atoms with Crippen molar-refractivity contribution in [1.82, 2.24) is 9.97 Å². The van der Waals surface area contributed by atoms with Gasteiger partial charge >= 0.3 is 0 Å². The number of aryl methyl sites for hydroxylation is 1. The van der Waals surface area contributed by atoms with Crippen LogP contribution in [-0.2, 0) is 0 Å². The van der Waals surface area contributed by atoms with Crippen LogP contribution in [0, 0.1) is 12.7 Å². The molecule has 5 heteroatoms. The summed E-state index contributed by atoms with van der Waals surface area (Å²) in [6, 6.07) is 2.90. The molecule has 0 aliphatic carbocycles. The normalized spacial score (nSPS) is 10.4. The molecule has 2 N–H and O–H groups in total. The summed E-state index contributed by atoms with van der Waals surface area (Å²) < 4.78 is 13.3. The molecule has 0 saturated carbocycles. The summed E-state index contributed by atoms with van der Waals surface area (Å²) in [5.74, 6) is 0.0660. The highest BCUT2D eigenvalue weighted by Crippen LogP contribution is 2.28. The van der Waals surface area contributed by atoms with Crippen molar-refractivity contribution in [3.63, 3.8) is 0 Å². The van der Waals surface area contributed by atoms with E-state index in [1.807, 2.05) is 6.92 Å². The molecule has 0 aliphatic rings. The van der Waals surface area contributed by atoms with Crippen molar-refractivity contribution in [3.05, 3.63) is 29.0 Å². The number of thiazole rings is 1. The van der Waals surface area contributed by atoms with E-state index in [-0.39, 0.29) is 11.5 Å². The molecule has 0 saturated heterocycles. The lowest BCUT2D eigenvalue weighted by atomic mass is 10.3. The Labute approximate surface area is 84.4 Å². The van der Waals surface area contributed by atoms with Crippen molar-refractivity contribution in [2.75, 3.05) is 5.73 Å². The number of rotatable bonds is 1. The van der Waals surface area contributed by atoms with Crippen LogP contribution >= 0.6 is 11.3 Å². The molecular weight excluding hydrogens is 201 g/mol. The molecule has 0 fully saturated rings. The summed E-state index contributed by atoms with van der Waals surface area (Å²) in [6.07, 6.45) is 1.53. The van der Waals surface area contributed by atoms with Crippen LogP contribution < -0.4 is 5.73 Å². The lowest BCUT2D eigenvalue weighted by molar-refractivity contribution is 0.625. The molecule has 2 aromatic heterocycles. The molecule has 0 atom stereocenters. The second-order valence-corrected chi connectivity index (χ2v) is 4.00. The van der Waals surface area contributed by atoms with Gasteiger partial charge in [-0.15, -0.1) is 11.3 Å². The van der Waals surface area contributed by atoms with Crippen LogP contribution in [-0.4, -0.2) is 9.97 Å². The SMILES string of the molecule is Cc1sc(-c2ncccc2F)nc1N. The number of anilines is 1. The molecule has 2 rings (SSSR count). The van der Waals surface area contributed by atoms with Gasteiger partial charge < -0.3 is 5.73 Å². The van der Waals surface area contributed by atoms with Crippen LogP contribution in [0.1, 0.15) is 4.88 Å². The minimum atomic E-state index is -0.374. The standard InChI is InChI=1S/C9H8FN3S/c1-5-8(11)13-9(14-5)7-6(10)3-2-4-12-7/h2-4H,11H2,1H3. The summed E-state index contributed by atoms with van der Waals surface area (Å²) >= 11 is 1.34. The van der Waals surface area contributed by atoms with Crippen molar-refractivity contribution >= 4 is 17.2 Å². The number of aromatic nitrogens is 2. The Morgan fingerprint density at radius 2 is 2.29 bits per heavy atom. The van der Waals surface area contributed by atoms with E-state index in [0.29, 0.717) is 10.8 Å². The number of hydrogen-bond donors (Lipinski definition) is 1. The summed E-state index contributed by atoms with van der Waals surface area (Å²) in [6.45, 7) is 1.84. The smallest absolute Gasteiger partial charge is 0.151 e. The maximum Gasteiger partial charge on any atom is 0.151 e. The van der Waals surface area contributed by atoms with Gasteiger partial charge in [0, 0.05) is 11.1 Å². The van der Waals surface area contributed by atoms with Gasteiger partial charge in [-0.25, -0.2) is 9.37 Å². The first kappa shape index (κ1) is 9.08.